The number of benzene rings is 2. The molecule has 0 aliphatic heterocycles. The summed E-state index contributed by atoms with van der Waals surface area (Å²) in [6, 6.07) is 16.1. The maximum Gasteiger partial charge on any atom is 0.107 e. The van der Waals surface area contributed by atoms with E-state index in [9.17, 15) is 0 Å². The molecule has 0 saturated heterocycles. The van der Waals surface area contributed by atoms with E-state index in [0.717, 1.165) is 52.1 Å². The van der Waals surface area contributed by atoms with Gasteiger partial charge in [0.05, 0.1) is 33.5 Å². The molecule has 4 heteroatoms. The quantitative estimate of drug-likeness (QED) is 0.599. The Kier molecular flexibility index (Phi) is 4.85. The summed E-state index contributed by atoms with van der Waals surface area (Å²) in [6.45, 7) is 6.02. The van der Waals surface area contributed by atoms with Gasteiger partial charge in [-0.15, -0.1) is 0 Å². The first-order chi connectivity index (χ1) is 11.8. The molecular formula is C20H22N4. The minimum absolute atomic E-state index is 0.836. The first-order valence-electron chi connectivity index (χ1n) is 8.45. The van der Waals surface area contributed by atoms with Crippen molar-refractivity contribution < 1.29 is 0 Å². The fraction of sp³-hybridized carbons (Fsp3) is 0.250. The zero-order chi connectivity index (χ0) is 16.9. The molecule has 2 heterocycles. The predicted octanol–water partition coefficient (Wildman–Crippen LogP) is 4.63. The second-order valence-corrected chi connectivity index (χ2v) is 5.45. The molecule has 0 unspecified atom stereocenters. The van der Waals surface area contributed by atoms with Crippen molar-refractivity contribution in [2.75, 3.05) is 0 Å². The second kappa shape index (κ2) is 7.21. The van der Waals surface area contributed by atoms with Gasteiger partial charge in [0, 0.05) is 6.42 Å². The molecule has 0 radical (unpaired) electrons. The van der Waals surface area contributed by atoms with Crippen LogP contribution < -0.4 is 0 Å². The van der Waals surface area contributed by atoms with Crippen LogP contribution in [0.15, 0.2) is 48.5 Å². The Labute approximate surface area is 142 Å². The molecule has 0 spiro atoms. The van der Waals surface area contributed by atoms with E-state index in [4.69, 9.17) is 4.98 Å². The minimum Gasteiger partial charge on any atom is -0.342 e. The highest BCUT2D eigenvalue weighted by Gasteiger charge is 2.07. The highest BCUT2D eigenvalue weighted by molar-refractivity contribution is 5.75. The Hall–Kier alpha value is -2.75. The van der Waals surface area contributed by atoms with Gasteiger partial charge in [0.15, 0.2) is 0 Å². The fourth-order valence-electron chi connectivity index (χ4n) is 2.72. The van der Waals surface area contributed by atoms with Crippen molar-refractivity contribution in [3.8, 4) is 0 Å². The summed E-state index contributed by atoms with van der Waals surface area (Å²) in [5.41, 5.74) is 6.03. The van der Waals surface area contributed by atoms with Crippen LogP contribution in [0.25, 0.3) is 22.1 Å². The van der Waals surface area contributed by atoms with Crippen LogP contribution in [0.5, 0.6) is 0 Å². The SMILES string of the molecule is CC.Cc1nc2ccccc2nc1CCc1nc2ccccc2[nH]1. The molecule has 4 nitrogen and oxygen atoms in total. The van der Waals surface area contributed by atoms with Crippen LogP contribution in [0, 0.1) is 6.92 Å². The first-order valence-corrected chi connectivity index (χ1v) is 8.45. The molecule has 0 aliphatic carbocycles. The number of rotatable bonds is 3. The molecule has 0 fully saturated rings. The van der Waals surface area contributed by atoms with Gasteiger partial charge in [-0.25, -0.2) is 15.0 Å². The van der Waals surface area contributed by atoms with Crippen molar-refractivity contribution in [2.45, 2.75) is 33.6 Å². The third-order valence-electron chi connectivity index (χ3n) is 3.88. The van der Waals surface area contributed by atoms with Gasteiger partial charge in [-0.05, 0) is 37.6 Å². The molecule has 24 heavy (non-hydrogen) atoms. The molecule has 2 aromatic heterocycles. The minimum atomic E-state index is 0.836. The summed E-state index contributed by atoms with van der Waals surface area (Å²) in [5, 5.41) is 0. The Morgan fingerprint density at radius 2 is 1.38 bits per heavy atom. The van der Waals surface area contributed by atoms with Crippen LogP contribution in [0.1, 0.15) is 31.1 Å². The standard InChI is InChI=1S/C18H16N4.C2H6/c1-12-13(20-15-7-3-2-6-14(15)19-12)10-11-18-21-16-8-4-5-9-17(16)22-18;1-2/h2-9H,10-11H2,1H3,(H,21,22);1-2H3. The van der Waals surface area contributed by atoms with Gasteiger partial charge in [0.1, 0.15) is 5.82 Å². The van der Waals surface area contributed by atoms with E-state index in [1.165, 1.54) is 0 Å². The Balaban J connectivity index is 0.000000815. The molecular weight excluding hydrogens is 296 g/mol. The Morgan fingerprint density at radius 3 is 2.08 bits per heavy atom. The summed E-state index contributed by atoms with van der Waals surface area (Å²) in [5.74, 6) is 0.996. The van der Waals surface area contributed by atoms with Gasteiger partial charge < -0.3 is 4.98 Å². The molecule has 4 aromatic rings. The van der Waals surface area contributed by atoms with Gasteiger partial charge in [-0.1, -0.05) is 38.1 Å². The van der Waals surface area contributed by atoms with E-state index in [2.05, 4.69) is 15.0 Å². The largest absolute Gasteiger partial charge is 0.342 e. The van der Waals surface area contributed by atoms with Gasteiger partial charge in [0.25, 0.3) is 0 Å². The van der Waals surface area contributed by atoms with Crippen LogP contribution in [0.3, 0.4) is 0 Å². The zero-order valence-corrected chi connectivity index (χ0v) is 14.4. The highest BCUT2D eigenvalue weighted by Crippen LogP contribution is 2.15. The monoisotopic (exact) mass is 318 g/mol. The third kappa shape index (κ3) is 3.27. The molecule has 0 aliphatic rings. The van der Waals surface area contributed by atoms with E-state index < -0.39 is 0 Å². The van der Waals surface area contributed by atoms with Crippen molar-refractivity contribution in [1.82, 2.24) is 19.9 Å². The molecule has 2 aromatic carbocycles. The first kappa shape index (κ1) is 16.1. The lowest BCUT2D eigenvalue weighted by Crippen LogP contribution is -2.01. The lowest BCUT2D eigenvalue weighted by atomic mass is 10.1. The molecule has 122 valence electrons. The number of nitrogens with zero attached hydrogens (tertiary/aromatic N) is 3. The van der Waals surface area contributed by atoms with Crippen molar-refractivity contribution in [1.29, 1.82) is 0 Å². The topological polar surface area (TPSA) is 54.5 Å². The predicted molar refractivity (Wildman–Crippen MR) is 99.1 cm³/mol. The number of imidazole rings is 1. The summed E-state index contributed by atoms with van der Waals surface area (Å²) in [4.78, 5) is 17.4. The number of fused-ring (bicyclic) bond motifs is 2. The van der Waals surface area contributed by atoms with Crippen molar-refractivity contribution >= 4 is 22.1 Å². The van der Waals surface area contributed by atoms with E-state index in [0.29, 0.717) is 0 Å². The molecule has 0 bridgehead atoms. The lowest BCUT2D eigenvalue weighted by molar-refractivity contribution is 0.848. The summed E-state index contributed by atoms with van der Waals surface area (Å²) < 4.78 is 0. The van der Waals surface area contributed by atoms with Gasteiger partial charge in [0.2, 0.25) is 0 Å². The van der Waals surface area contributed by atoms with Crippen LogP contribution in [-0.2, 0) is 12.8 Å². The summed E-state index contributed by atoms with van der Waals surface area (Å²) in [6.07, 6.45) is 1.67. The average molecular weight is 318 g/mol. The molecule has 0 atom stereocenters. The van der Waals surface area contributed by atoms with Crippen molar-refractivity contribution in [2.24, 2.45) is 0 Å². The number of hydrogen-bond donors (Lipinski definition) is 1. The average Bonchev–Trinajstić information content (AvgIpc) is 3.04. The number of para-hydroxylation sites is 4. The highest BCUT2D eigenvalue weighted by atomic mass is 14.9. The molecule has 0 amide bonds. The summed E-state index contributed by atoms with van der Waals surface area (Å²) >= 11 is 0. The van der Waals surface area contributed by atoms with E-state index >= 15 is 0 Å². The number of hydrogen-bond acceptors (Lipinski definition) is 3. The van der Waals surface area contributed by atoms with Crippen molar-refractivity contribution in [3.63, 3.8) is 0 Å². The maximum absolute atomic E-state index is 4.74. The van der Waals surface area contributed by atoms with Crippen molar-refractivity contribution in [3.05, 3.63) is 65.7 Å². The number of nitrogens with one attached hydrogen (secondary N) is 1. The zero-order valence-electron chi connectivity index (χ0n) is 14.4. The number of aromatic amines is 1. The Bertz CT molecular complexity index is 923. The van der Waals surface area contributed by atoms with E-state index in [1.807, 2.05) is 69.3 Å². The number of H-pyrrole nitrogens is 1. The van der Waals surface area contributed by atoms with E-state index in [1.54, 1.807) is 0 Å². The van der Waals surface area contributed by atoms with Gasteiger partial charge in [-0.3, -0.25) is 0 Å². The van der Waals surface area contributed by atoms with Gasteiger partial charge >= 0.3 is 0 Å². The number of aromatic nitrogens is 4. The molecule has 4 rings (SSSR count). The molecule has 1 N–H and O–H groups in total. The van der Waals surface area contributed by atoms with Crippen LogP contribution in [0.2, 0.25) is 0 Å². The van der Waals surface area contributed by atoms with Gasteiger partial charge in [-0.2, -0.15) is 0 Å². The lowest BCUT2D eigenvalue weighted by Gasteiger charge is -2.05. The van der Waals surface area contributed by atoms with Crippen LogP contribution >= 0.6 is 0 Å². The third-order valence-corrected chi connectivity index (χ3v) is 3.88. The maximum atomic E-state index is 4.74. The normalized spacial score (nSPS) is 10.6. The fourth-order valence-corrected chi connectivity index (χ4v) is 2.72. The van der Waals surface area contributed by atoms with E-state index in [-0.39, 0.29) is 0 Å². The number of aryl methyl sites for hydroxylation is 3. The van der Waals surface area contributed by atoms with Crippen LogP contribution in [-0.4, -0.2) is 19.9 Å². The smallest absolute Gasteiger partial charge is 0.107 e. The molecule has 0 saturated carbocycles. The Morgan fingerprint density at radius 1 is 0.750 bits per heavy atom. The summed E-state index contributed by atoms with van der Waals surface area (Å²) in [7, 11) is 0. The second-order valence-electron chi connectivity index (χ2n) is 5.45. The van der Waals surface area contributed by atoms with Crippen LogP contribution in [0.4, 0.5) is 0 Å².